The molecule has 2 heterocycles. The first-order valence-corrected chi connectivity index (χ1v) is 19.9. The predicted octanol–water partition coefficient (Wildman–Crippen LogP) is 0.972. The summed E-state index contributed by atoms with van der Waals surface area (Å²) in [5.41, 5.74) is 2.05. The number of carbonyl (C=O) groups is 1. The van der Waals surface area contributed by atoms with E-state index in [4.69, 9.17) is 10.5 Å². The molecule has 1 unspecified atom stereocenters. The molecule has 11 N–H and O–H groups in total. The molecular weight excluding hydrogens is 676 g/mol. The molecule has 17 atom stereocenters. The van der Waals surface area contributed by atoms with Gasteiger partial charge in [-0.2, -0.15) is 0 Å². The number of rotatable bonds is 9. The van der Waals surface area contributed by atoms with E-state index in [-0.39, 0.29) is 61.2 Å². The smallest absolute Gasteiger partial charge is 0.182 e. The van der Waals surface area contributed by atoms with E-state index in [2.05, 4.69) is 35.0 Å². The van der Waals surface area contributed by atoms with Crippen LogP contribution < -0.4 is 21.7 Å². The summed E-state index contributed by atoms with van der Waals surface area (Å²) in [4.78, 5) is 15.2. The average molecular weight is 741 g/mol. The number of hydrogen-bond acceptors (Lipinski definition) is 12. The van der Waals surface area contributed by atoms with Gasteiger partial charge in [0.15, 0.2) is 5.78 Å². The number of ketones is 1. The Morgan fingerprint density at radius 1 is 1.17 bits per heavy atom. The second-order valence-corrected chi connectivity index (χ2v) is 18.7. The largest absolute Gasteiger partial charge is 0.392 e. The molecule has 2 aliphatic heterocycles. The third kappa shape index (κ3) is 5.76. The van der Waals surface area contributed by atoms with Crippen molar-refractivity contribution in [1.29, 1.82) is 0 Å². The van der Waals surface area contributed by atoms with Crippen molar-refractivity contribution in [2.75, 3.05) is 26.7 Å². The molecule has 12 heteroatoms. The van der Waals surface area contributed by atoms with Gasteiger partial charge in [0.2, 0.25) is 0 Å². The Bertz CT molecular complexity index is 1580. The van der Waals surface area contributed by atoms with Crippen LogP contribution >= 0.6 is 0 Å². The number of nitrogens with two attached hydrogens (primary N) is 1. The predicted molar refractivity (Wildman–Crippen MR) is 199 cm³/mol. The first kappa shape index (κ1) is 39.1. The number of allylic oxidation sites excluding steroid dienone is 4. The van der Waals surface area contributed by atoms with Gasteiger partial charge in [0.1, 0.15) is 6.10 Å². The van der Waals surface area contributed by atoms with Crippen LogP contribution in [0.5, 0.6) is 0 Å². The Morgan fingerprint density at radius 3 is 2.53 bits per heavy atom. The fourth-order valence-electron chi connectivity index (χ4n) is 12.8. The topological polar surface area (TPSA) is 210 Å². The minimum Gasteiger partial charge on any atom is -0.392 e. The standard InChI is InChI=1S/C41H64N4O8/c1-21-18-53-34(23(21)3)36(50)38(5,51)29-10-12-41(52)31-32(45-16-22(2)46)33(49)26-13-27(47)28(48)15-40(26)14-24(25-7-8-30(42)44-17-25)9-11-39(20-43-6,35(31)40)19-37(29,41)4/h7-9,11,17,21-24,26-30,34-36,43-48,50-52H,10,12-16,18-20,42H2,1-6H3/t21-,22+,23+,24+,26+,27-,28+,29+,30?,34-,35-,36-,37-,38-,39+,40+,41-/m1/s1. The molecule has 3 saturated carbocycles. The molecule has 0 bridgehead atoms. The molecule has 296 valence electrons. The number of carbonyl (C=O) groups excluding carboxylic acids is 1. The summed E-state index contributed by atoms with van der Waals surface area (Å²) in [6.45, 7) is 10.5. The van der Waals surface area contributed by atoms with E-state index in [1.807, 2.05) is 39.2 Å². The Labute approximate surface area is 314 Å². The first-order chi connectivity index (χ1) is 24.9. The lowest BCUT2D eigenvalue weighted by Gasteiger charge is -2.67. The molecule has 7 rings (SSSR count). The maximum atomic E-state index is 15.2. The quantitative estimate of drug-likeness (QED) is 0.150. The number of ether oxygens (including phenoxy) is 1. The van der Waals surface area contributed by atoms with Gasteiger partial charge in [-0.15, -0.1) is 0 Å². The second-order valence-electron chi connectivity index (χ2n) is 18.7. The zero-order valence-electron chi connectivity index (χ0n) is 32.3. The van der Waals surface area contributed by atoms with Crippen molar-refractivity contribution in [1.82, 2.24) is 16.0 Å². The second kappa shape index (κ2) is 13.5. The highest BCUT2D eigenvalue weighted by Gasteiger charge is 2.76. The van der Waals surface area contributed by atoms with Crippen LogP contribution in [-0.2, 0) is 9.53 Å². The fraction of sp³-hybridized carbons (Fsp3) is 0.780. The maximum Gasteiger partial charge on any atom is 0.182 e. The third-order valence-corrected chi connectivity index (χ3v) is 15.4. The summed E-state index contributed by atoms with van der Waals surface area (Å²) in [5.74, 6) is -1.90. The van der Waals surface area contributed by atoms with Crippen molar-refractivity contribution in [2.45, 2.75) is 121 Å². The molecule has 1 saturated heterocycles. The number of fused-ring (bicyclic) bond motifs is 2. The zero-order chi connectivity index (χ0) is 38.5. The third-order valence-electron chi connectivity index (χ3n) is 15.4. The van der Waals surface area contributed by atoms with Crippen molar-refractivity contribution < 1.29 is 40.2 Å². The molecule has 0 aromatic rings. The normalized spacial score (nSPS) is 48.5. The van der Waals surface area contributed by atoms with Gasteiger partial charge < -0.3 is 57.1 Å². The van der Waals surface area contributed by atoms with Crippen LogP contribution in [0.4, 0.5) is 0 Å². The van der Waals surface area contributed by atoms with Crippen molar-refractivity contribution in [3.8, 4) is 0 Å². The van der Waals surface area contributed by atoms with E-state index in [1.165, 1.54) is 0 Å². The highest BCUT2D eigenvalue weighted by Crippen LogP contribution is 2.75. The molecule has 53 heavy (non-hydrogen) atoms. The number of aliphatic hydroxyl groups is 6. The van der Waals surface area contributed by atoms with Crippen molar-refractivity contribution in [2.24, 2.45) is 57.5 Å². The maximum absolute atomic E-state index is 15.2. The lowest BCUT2D eigenvalue weighted by Crippen LogP contribution is -2.70. The summed E-state index contributed by atoms with van der Waals surface area (Å²) in [6, 6.07) is 0. The van der Waals surface area contributed by atoms with E-state index in [9.17, 15) is 30.6 Å². The number of aliphatic hydroxyl groups excluding tert-OH is 4. The molecule has 12 nitrogen and oxygen atoms in total. The van der Waals surface area contributed by atoms with Crippen molar-refractivity contribution in [3.63, 3.8) is 0 Å². The molecule has 5 aliphatic carbocycles. The molecule has 0 radical (unpaired) electrons. The van der Waals surface area contributed by atoms with E-state index < -0.39 is 75.7 Å². The number of nitrogens with one attached hydrogen (secondary N) is 3. The summed E-state index contributed by atoms with van der Waals surface area (Å²) in [7, 11) is 1.89. The van der Waals surface area contributed by atoms with Gasteiger partial charge in [-0.3, -0.25) is 4.79 Å². The summed E-state index contributed by atoms with van der Waals surface area (Å²) in [6.07, 6.45) is 6.99. The van der Waals surface area contributed by atoms with Crippen LogP contribution in [0.1, 0.15) is 73.1 Å². The minimum absolute atomic E-state index is 0.0182. The first-order valence-electron chi connectivity index (χ1n) is 19.9. The van der Waals surface area contributed by atoms with Crippen molar-refractivity contribution >= 4 is 5.78 Å². The molecule has 0 aromatic heterocycles. The van der Waals surface area contributed by atoms with Crippen LogP contribution in [0.25, 0.3) is 0 Å². The Hall–Kier alpha value is -2.13. The van der Waals surface area contributed by atoms with Crippen LogP contribution in [0.2, 0.25) is 0 Å². The van der Waals surface area contributed by atoms with E-state index in [0.717, 1.165) is 5.57 Å². The van der Waals surface area contributed by atoms with Crippen LogP contribution in [-0.4, -0.2) is 111 Å². The minimum atomic E-state index is -1.66. The van der Waals surface area contributed by atoms with Crippen LogP contribution in [0.15, 0.2) is 47.3 Å². The lowest BCUT2D eigenvalue weighted by atomic mass is 9.37. The fourth-order valence-corrected chi connectivity index (χ4v) is 12.8. The summed E-state index contributed by atoms with van der Waals surface area (Å²) in [5, 5.41) is 81.6. The number of hydrogen-bond donors (Lipinski definition) is 10. The van der Waals surface area contributed by atoms with Gasteiger partial charge in [-0.25, -0.2) is 0 Å². The van der Waals surface area contributed by atoms with Gasteiger partial charge in [0.05, 0.1) is 47.5 Å². The van der Waals surface area contributed by atoms with E-state index in [0.29, 0.717) is 38.0 Å². The van der Waals surface area contributed by atoms with Crippen molar-refractivity contribution in [3.05, 3.63) is 47.3 Å². The molecule has 0 aromatic carbocycles. The average Bonchev–Trinajstić information content (AvgIpc) is 3.52. The van der Waals surface area contributed by atoms with Gasteiger partial charge in [-0.05, 0) is 99.8 Å². The Balaban J connectivity index is 1.47. The molecule has 7 aliphatic rings. The SMILES string of the molecule is CNC[C@@]12C=C[C@H](C3=CNC(N)C=C3)C[C@]34C[C@H](O)[C@H](O)C[C@H]3C(=O)C(NC[C@H](C)O)=C([C@H]14)[C@]1(O)CC[C@H]([C@@](C)(O)[C@H](O)[C@@H]3OC[C@@H](C)[C@@H]3C)[C@@]1(C)C2. The Kier molecular flexibility index (Phi) is 9.98. The van der Waals surface area contributed by atoms with Gasteiger partial charge in [0.25, 0.3) is 0 Å². The van der Waals surface area contributed by atoms with Gasteiger partial charge >= 0.3 is 0 Å². The molecule has 4 fully saturated rings. The molecular formula is C41H64N4O8. The highest BCUT2D eigenvalue weighted by atomic mass is 16.5. The van der Waals surface area contributed by atoms with E-state index in [1.54, 1.807) is 13.8 Å². The van der Waals surface area contributed by atoms with E-state index >= 15 is 4.79 Å². The van der Waals surface area contributed by atoms with Crippen LogP contribution in [0, 0.1) is 51.8 Å². The lowest BCUT2D eigenvalue weighted by molar-refractivity contribution is -0.212. The van der Waals surface area contributed by atoms with Crippen LogP contribution in [0.3, 0.4) is 0 Å². The summed E-state index contributed by atoms with van der Waals surface area (Å²) >= 11 is 0. The van der Waals surface area contributed by atoms with Gasteiger partial charge in [-0.1, -0.05) is 39.0 Å². The highest BCUT2D eigenvalue weighted by molar-refractivity contribution is 6.00. The Morgan fingerprint density at radius 2 is 1.91 bits per heavy atom. The number of dihydropyridines is 1. The molecule has 0 amide bonds. The summed E-state index contributed by atoms with van der Waals surface area (Å²) < 4.78 is 6.09. The monoisotopic (exact) mass is 740 g/mol. The number of Topliss-reactive ketones (excluding diaryl/α,β-unsaturated/α-hetero) is 1. The molecule has 1 spiro atoms. The van der Waals surface area contributed by atoms with Gasteiger partial charge in [0, 0.05) is 54.5 Å². The zero-order valence-corrected chi connectivity index (χ0v) is 32.3.